The Kier molecular flexibility index (Phi) is 16.3. The van der Waals surface area contributed by atoms with E-state index in [9.17, 15) is 14.3 Å². The van der Waals surface area contributed by atoms with Crippen LogP contribution in [-0.4, -0.2) is 27.5 Å². The summed E-state index contributed by atoms with van der Waals surface area (Å²) in [5, 5.41) is 13.8. The molecule has 55 heavy (non-hydrogen) atoms. The number of halogens is 1. The van der Waals surface area contributed by atoms with Crippen LogP contribution in [0.15, 0.2) is 97.0 Å². The summed E-state index contributed by atoms with van der Waals surface area (Å²) in [6.07, 6.45) is 5.68. The summed E-state index contributed by atoms with van der Waals surface area (Å²) in [5.41, 5.74) is 10.7. The monoisotopic (exact) mass is 917 g/mol. The zero-order valence-electron chi connectivity index (χ0n) is 35.7. The van der Waals surface area contributed by atoms with E-state index >= 15 is 0 Å². The number of aliphatic hydroxyl groups excluding tert-OH is 1. The number of aryl methyl sites for hydroxylation is 6. The van der Waals surface area contributed by atoms with Gasteiger partial charge in [0.2, 0.25) is 0 Å². The Balaban J connectivity index is 0.000000230. The van der Waals surface area contributed by atoms with Crippen LogP contribution in [0.1, 0.15) is 82.6 Å². The molecule has 2 aromatic heterocycles. The standard InChI is InChI=1S/2C18H16N.C13H23FO2.Ir/c2*1-12-4-5-17-15(9-12)6-7-19-18(17)16-10-13(2)8-14(3)11-16;1-4-10(5-2)12(15)9-13(16)11(6-3)7-8-14;/h2*4-10H,1-3H3;9-11,16H,4-8H2,1-3H3;/q2*-1;;/b;;13-9-;/i6D,7D;;;. The molecule has 0 fully saturated rings. The molecule has 4 aromatic carbocycles. The molecule has 4 nitrogen and oxygen atoms in total. The van der Waals surface area contributed by atoms with Gasteiger partial charge in [0.15, 0.2) is 5.78 Å². The SMILES string of the molecule is CCC(CC)C(=O)/C=C(\O)C(CC)CCF.Cc1[c-]c(-c2nccc3cc(C)ccc23)cc(C)c1.[2H]c1nc(-c2[c-]c(C)cc(C)c2)c2ccc(C)cc2c1[2H].[Ir]. The van der Waals surface area contributed by atoms with Crippen LogP contribution < -0.4 is 0 Å². The fraction of sp³-hybridized carbons (Fsp3) is 0.327. The first-order chi connectivity index (χ1) is 26.7. The van der Waals surface area contributed by atoms with Crippen molar-refractivity contribution >= 4 is 27.3 Å². The third-order valence-electron chi connectivity index (χ3n) is 9.56. The second-order valence-electron chi connectivity index (χ2n) is 14.2. The first-order valence-electron chi connectivity index (χ1n) is 19.9. The van der Waals surface area contributed by atoms with Gasteiger partial charge in [-0.2, -0.15) is 0 Å². The zero-order chi connectivity index (χ0) is 41.1. The summed E-state index contributed by atoms with van der Waals surface area (Å²) in [4.78, 5) is 20.6. The van der Waals surface area contributed by atoms with Crippen LogP contribution in [0.2, 0.25) is 0 Å². The molecule has 1 unspecified atom stereocenters. The van der Waals surface area contributed by atoms with Crippen LogP contribution in [0.3, 0.4) is 0 Å². The maximum atomic E-state index is 12.2. The Labute approximate surface area is 344 Å². The van der Waals surface area contributed by atoms with E-state index in [0.717, 1.165) is 68.4 Å². The number of carbonyl (C=O) groups excluding carboxylic acids is 1. The largest absolute Gasteiger partial charge is 0.512 e. The van der Waals surface area contributed by atoms with E-state index in [2.05, 4.69) is 85.3 Å². The van der Waals surface area contributed by atoms with Crippen LogP contribution in [0.5, 0.6) is 0 Å². The molecule has 0 spiro atoms. The average Bonchev–Trinajstić information content (AvgIpc) is 3.15. The van der Waals surface area contributed by atoms with Crippen molar-refractivity contribution in [3.63, 3.8) is 0 Å². The quantitative estimate of drug-likeness (QED) is 0.0845. The summed E-state index contributed by atoms with van der Waals surface area (Å²) in [6, 6.07) is 29.8. The van der Waals surface area contributed by atoms with Crippen molar-refractivity contribution in [3.8, 4) is 22.5 Å². The van der Waals surface area contributed by atoms with Crippen LogP contribution in [0.4, 0.5) is 4.39 Å². The number of nitrogens with zero attached hydrogens (tertiary/aromatic N) is 2. The topological polar surface area (TPSA) is 63.1 Å². The molecule has 291 valence electrons. The number of ketones is 1. The van der Waals surface area contributed by atoms with Gasteiger partial charge in [0.05, 0.1) is 15.2 Å². The smallest absolute Gasteiger partial charge is 0.162 e. The number of alkyl halides is 1. The van der Waals surface area contributed by atoms with E-state index in [1.165, 1.54) is 28.0 Å². The number of hydrogen-bond donors (Lipinski definition) is 1. The van der Waals surface area contributed by atoms with Crippen molar-refractivity contribution in [2.45, 2.75) is 88.0 Å². The zero-order valence-corrected chi connectivity index (χ0v) is 36.1. The van der Waals surface area contributed by atoms with E-state index < -0.39 is 6.67 Å². The molecule has 0 aliphatic heterocycles. The molecular weight excluding hydrogens is 860 g/mol. The second-order valence-corrected chi connectivity index (χ2v) is 14.2. The molecule has 1 atom stereocenters. The van der Waals surface area contributed by atoms with Crippen LogP contribution in [0, 0.1) is 65.5 Å². The number of hydrogen-bond acceptors (Lipinski definition) is 4. The van der Waals surface area contributed by atoms with Gasteiger partial charge in [-0.1, -0.05) is 96.0 Å². The van der Waals surface area contributed by atoms with E-state index in [0.29, 0.717) is 6.42 Å². The van der Waals surface area contributed by atoms with Gasteiger partial charge < -0.3 is 15.1 Å². The van der Waals surface area contributed by atoms with Crippen molar-refractivity contribution in [2.75, 3.05) is 6.67 Å². The first kappa shape index (κ1) is 41.6. The Morgan fingerprint density at radius 3 is 1.75 bits per heavy atom. The van der Waals surface area contributed by atoms with E-state index in [1.807, 2.05) is 72.0 Å². The van der Waals surface area contributed by atoms with Crippen LogP contribution in [-0.2, 0) is 24.9 Å². The van der Waals surface area contributed by atoms with E-state index in [-0.39, 0.29) is 62.1 Å². The molecule has 2 heterocycles. The number of rotatable bonds is 10. The predicted molar refractivity (Wildman–Crippen MR) is 225 cm³/mol. The molecule has 0 bridgehead atoms. The Morgan fingerprint density at radius 1 is 0.727 bits per heavy atom. The minimum atomic E-state index is -0.463. The predicted octanol–water partition coefficient (Wildman–Crippen LogP) is 13.1. The van der Waals surface area contributed by atoms with Crippen LogP contribution in [0.25, 0.3) is 44.1 Å². The molecule has 0 aliphatic rings. The number of fused-ring (bicyclic) bond motifs is 2. The van der Waals surface area contributed by atoms with Gasteiger partial charge in [0.1, 0.15) is 0 Å². The fourth-order valence-corrected chi connectivity index (χ4v) is 6.70. The normalized spacial score (nSPS) is 12.2. The summed E-state index contributed by atoms with van der Waals surface area (Å²) >= 11 is 0. The molecule has 6 heteroatoms. The maximum absolute atomic E-state index is 12.2. The second kappa shape index (κ2) is 21.5. The van der Waals surface area contributed by atoms with Crippen molar-refractivity contribution in [2.24, 2.45) is 11.8 Å². The molecule has 0 aliphatic carbocycles. The number of benzene rings is 4. The van der Waals surface area contributed by atoms with Gasteiger partial charge in [0, 0.05) is 50.4 Å². The van der Waals surface area contributed by atoms with Crippen LogP contribution >= 0.6 is 0 Å². The van der Waals surface area contributed by atoms with Crippen molar-refractivity contribution in [1.29, 1.82) is 0 Å². The van der Waals surface area contributed by atoms with E-state index in [4.69, 9.17) is 2.74 Å². The number of carbonyl (C=O) groups is 1. The molecule has 0 amide bonds. The fourth-order valence-electron chi connectivity index (χ4n) is 6.70. The van der Waals surface area contributed by atoms with Gasteiger partial charge in [-0.05, 0) is 84.6 Å². The van der Waals surface area contributed by atoms with Gasteiger partial charge in [0.25, 0.3) is 0 Å². The number of allylic oxidation sites excluding steroid dienone is 2. The molecule has 0 saturated carbocycles. The number of aliphatic hydroxyl groups is 1. The molecule has 6 aromatic rings. The number of pyridine rings is 2. The maximum Gasteiger partial charge on any atom is 0.162 e. The average molecular weight is 917 g/mol. The minimum Gasteiger partial charge on any atom is -0.512 e. The summed E-state index contributed by atoms with van der Waals surface area (Å²) in [5.74, 6) is -0.245. The van der Waals surface area contributed by atoms with Gasteiger partial charge >= 0.3 is 0 Å². The summed E-state index contributed by atoms with van der Waals surface area (Å²) < 4.78 is 28.2. The van der Waals surface area contributed by atoms with Crippen molar-refractivity contribution in [1.82, 2.24) is 9.97 Å². The third kappa shape index (κ3) is 12.5. The Bertz CT molecular complexity index is 2300. The summed E-state index contributed by atoms with van der Waals surface area (Å²) in [7, 11) is 0. The van der Waals surface area contributed by atoms with Gasteiger partial charge in [-0.3, -0.25) is 9.18 Å². The minimum absolute atomic E-state index is 0. The van der Waals surface area contributed by atoms with Crippen molar-refractivity contribution in [3.05, 3.63) is 142 Å². The summed E-state index contributed by atoms with van der Waals surface area (Å²) in [6.45, 7) is 17.7. The van der Waals surface area contributed by atoms with Gasteiger partial charge in [-0.25, -0.2) is 0 Å². The molecule has 6 rings (SSSR count). The Hall–Kier alpha value is -4.51. The van der Waals surface area contributed by atoms with Gasteiger partial charge in [-0.15, -0.1) is 69.8 Å². The van der Waals surface area contributed by atoms with E-state index in [1.54, 1.807) is 0 Å². The first-order valence-corrected chi connectivity index (χ1v) is 18.9. The molecule has 1 radical (unpaired) electrons. The van der Waals surface area contributed by atoms with Crippen molar-refractivity contribution < 1.29 is 37.1 Å². The molecule has 0 saturated heterocycles. The Morgan fingerprint density at radius 2 is 1.24 bits per heavy atom. The molecule has 1 N–H and O–H groups in total. The number of aromatic nitrogens is 2. The third-order valence-corrected chi connectivity index (χ3v) is 9.56. The molecular formula is C49H55FIrN2O2-2.